The highest BCUT2D eigenvalue weighted by Crippen LogP contribution is 2.23. The minimum Gasteiger partial charge on any atom is -0.497 e. The van der Waals surface area contributed by atoms with Crippen LogP contribution in [0, 0.1) is 0 Å². The molecule has 0 saturated carbocycles. The van der Waals surface area contributed by atoms with Crippen molar-refractivity contribution in [2.45, 2.75) is 39.2 Å². The topological polar surface area (TPSA) is 30.5 Å². The molecular formula is C15H25NO2. The molecule has 0 atom stereocenters. The van der Waals surface area contributed by atoms with Crippen molar-refractivity contribution in [3.8, 4) is 11.5 Å². The number of hydrogen-bond acceptors (Lipinski definition) is 3. The first-order chi connectivity index (χ1) is 8.81. The van der Waals surface area contributed by atoms with Crippen LogP contribution in [-0.4, -0.2) is 20.8 Å². The van der Waals surface area contributed by atoms with Crippen LogP contribution in [0.15, 0.2) is 18.2 Å². The van der Waals surface area contributed by atoms with Gasteiger partial charge in [0, 0.05) is 12.1 Å². The van der Waals surface area contributed by atoms with Gasteiger partial charge >= 0.3 is 0 Å². The van der Waals surface area contributed by atoms with Crippen molar-refractivity contribution in [2.75, 3.05) is 20.8 Å². The van der Waals surface area contributed by atoms with Gasteiger partial charge in [-0.25, -0.2) is 0 Å². The normalized spacial score (nSPS) is 10.4. The number of rotatable bonds is 9. The summed E-state index contributed by atoms with van der Waals surface area (Å²) in [7, 11) is 3.39. The van der Waals surface area contributed by atoms with Crippen molar-refractivity contribution in [1.29, 1.82) is 0 Å². The number of unbranched alkanes of at least 4 members (excludes halogenated alkanes) is 3. The second kappa shape index (κ2) is 8.81. The van der Waals surface area contributed by atoms with Crippen molar-refractivity contribution < 1.29 is 9.47 Å². The molecule has 0 aliphatic heterocycles. The van der Waals surface area contributed by atoms with Crippen LogP contribution in [0.3, 0.4) is 0 Å². The molecule has 0 heterocycles. The van der Waals surface area contributed by atoms with Gasteiger partial charge in [0.25, 0.3) is 0 Å². The largest absolute Gasteiger partial charge is 0.497 e. The summed E-state index contributed by atoms with van der Waals surface area (Å²) < 4.78 is 10.6. The summed E-state index contributed by atoms with van der Waals surface area (Å²) in [6, 6.07) is 5.90. The Kier molecular flexibility index (Phi) is 7.26. The first-order valence-corrected chi connectivity index (χ1v) is 6.73. The fourth-order valence-electron chi connectivity index (χ4n) is 1.92. The SMILES string of the molecule is CCCCCCNCc1cc(OC)ccc1OC. The molecule has 3 heteroatoms. The van der Waals surface area contributed by atoms with Gasteiger partial charge in [-0.15, -0.1) is 0 Å². The lowest BCUT2D eigenvalue weighted by atomic mass is 10.1. The maximum Gasteiger partial charge on any atom is 0.123 e. The van der Waals surface area contributed by atoms with E-state index >= 15 is 0 Å². The molecule has 18 heavy (non-hydrogen) atoms. The molecule has 0 aromatic heterocycles. The van der Waals surface area contributed by atoms with Crippen LogP contribution in [0.5, 0.6) is 11.5 Å². The number of benzene rings is 1. The van der Waals surface area contributed by atoms with Crippen LogP contribution in [0.4, 0.5) is 0 Å². The molecule has 1 aromatic carbocycles. The van der Waals surface area contributed by atoms with Crippen LogP contribution in [-0.2, 0) is 6.54 Å². The van der Waals surface area contributed by atoms with Gasteiger partial charge < -0.3 is 14.8 Å². The lowest BCUT2D eigenvalue weighted by molar-refractivity contribution is 0.397. The summed E-state index contributed by atoms with van der Waals surface area (Å²) in [6.07, 6.45) is 5.15. The Hall–Kier alpha value is -1.22. The highest BCUT2D eigenvalue weighted by molar-refractivity contribution is 5.40. The van der Waals surface area contributed by atoms with Crippen molar-refractivity contribution in [1.82, 2.24) is 5.32 Å². The number of methoxy groups -OCH3 is 2. The first-order valence-electron chi connectivity index (χ1n) is 6.73. The van der Waals surface area contributed by atoms with Gasteiger partial charge in [-0.3, -0.25) is 0 Å². The number of ether oxygens (including phenoxy) is 2. The second-order valence-corrected chi connectivity index (χ2v) is 4.42. The Morgan fingerprint density at radius 1 is 1.06 bits per heavy atom. The fraction of sp³-hybridized carbons (Fsp3) is 0.600. The lowest BCUT2D eigenvalue weighted by Gasteiger charge is -2.11. The summed E-state index contributed by atoms with van der Waals surface area (Å²) in [5, 5.41) is 3.45. The average molecular weight is 251 g/mol. The van der Waals surface area contributed by atoms with Gasteiger partial charge in [-0.2, -0.15) is 0 Å². The van der Waals surface area contributed by atoms with E-state index in [-0.39, 0.29) is 0 Å². The summed E-state index contributed by atoms with van der Waals surface area (Å²) in [5.74, 6) is 1.79. The van der Waals surface area contributed by atoms with Gasteiger partial charge in [0.05, 0.1) is 14.2 Å². The van der Waals surface area contributed by atoms with E-state index in [1.54, 1.807) is 14.2 Å². The van der Waals surface area contributed by atoms with E-state index in [4.69, 9.17) is 9.47 Å². The zero-order valence-corrected chi connectivity index (χ0v) is 11.8. The fourth-order valence-corrected chi connectivity index (χ4v) is 1.92. The van der Waals surface area contributed by atoms with Crippen molar-refractivity contribution in [3.05, 3.63) is 23.8 Å². The van der Waals surface area contributed by atoms with E-state index < -0.39 is 0 Å². The maximum absolute atomic E-state index is 5.34. The average Bonchev–Trinajstić information content (AvgIpc) is 2.42. The highest BCUT2D eigenvalue weighted by atomic mass is 16.5. The van der Waals surface area contributed by atoms with Crippen molar-refractivity contribution >= 4 is 0 Å². The molecule has 0 aliphatic carbocycles. The summed E-state index contributed by atoms with van der Waals surface area (Å²) in [4.78, 5) is 0. The molecule has 0 unspecified atom stereocenters. The van der Waals surface area contributed by atoms with E-state index in [2.05, 4.69) is 12.2 Å². The summed E-state index contributed by atoms with van der Waals surface area (Å²) >= 11 is 0. The third-order valence-corrected chi connectivity index (χ3v) is 3.01. The molecule has 0 saturated heterocycles. The molecule has 1 N–H and O–H groups in total. The Labute approximate surface area is 110 Å². The predicted molar refractivity (Wildman–Crippen MR) is 75.4 cm³/mol. The Morgan fingerprint density at radius 3 is 2.56 bits per heavy atom. The molecule has 0 radical (unpaired) electrons. The smallest absolute Gasteiger partial charge is 0.123 e. The van der Waals surface area contributed by atoms with Crippen LogP contribution in [0.25, 0.3) is 0 Å². The molecule has 0 aliphatic rings. The third-order valence-electron chi connectivity index (χ3n) is 3.01. The summed E-state index contributed by atoms with van der Waals surface area (Å²) in [6.45, 7) is 4.11. The quantitative estimate of drug-likeness (QED) is 0.683. The van der Waals surface area contributed by atoms with E-state index in [1.165, 1.54) is 25.7 Å². The molecule has 102 valence electrons. The van der Waals surface area contributed by atoms with Gasteiger partial charge in [-0.1, -0.05) is 26.2 Å². The molecule has 1 rings (SSSR count). The monoisotopic (exact) mass is 251 g/mol. The van der Waals surface area contributed by atoms with Crippen LogP contribution in [0.1, 0.15) is 38.2 Å². The molecule has 0 spiro atoms. The molecule has 0 bridgehead atoms. The maximum atomic E-state index is 5.34. The first kappa shape index (κ1) is 14.8. The number of nitrogens with one attached hydrogen (secondary N) is 1. The van der Waals surface area contributed by atoms with Crippen molar-refractivity contribution in [2.24, 2.45) is 0 Å². The zero-order valence-electron chi connectivity index (χ0n) is 11.8. The van der Waals surface area contributed by atoms with Gasteiger partial charge in [0.15, 0.2) is 0 Å². The van der Waals surface area contributed by atoms with Crippen LogP contribution in [0.2, 0.25) is 0 Å². The molecule has 1 aromatic rings. The van der Waals surface area contributed by atoms with Gasteiger partial charge in [0.1, 0.15) is 11.5 Å². The standard InChI is InChI=1S/C15H25NO2/c1-4-5-6-7-10-16-12-13-11-14(17-2)8-9-15(13)18-3/h8-9,11,16H,4-7,10,12H2,1-3H3. The van der Waals surface area contributed by atoms with E-state index in [1.807, 2.05) is 18.2 Å². The Morgan fingerprint density at radius 2 is 1.89 bits per heavy atom. The van der Waals surface area contributed by atoms with Gasteiger partial charge in [-0.05, 0) is 31.2 Å². The molecule has 3 nitrogen and oxygen atoms in total. The Balaban J connectivity index is 2.39. The van der Waals surface area contributed by atoms with E-state index in [0.717, 1.165) is 30.2 Å². The molecular weight excluding hydrogens is 226 g/mol. The van der Waals surface area contributed by atoms with E-state index in [0.29, 0.717) is 0 Å². The minimum absolute atomic E-state index is 0.826. The number of hydrogen-bond donors (Lipinski definition) is 1. The van der Waals surface area contributed by atoms with E-state index in [9.17, 15) is 0 Å². The third kappa shape index (κ3) is 4.96. The minimum atomic E-state index is 0.826. The lowest BCUT2D eigenvalue weighted by Crippen LogP contribution is -2.15. The van der Waals surface area contributed by atoms with Crippen LogP contribution >= 0.6 is 0 Å². The summed E-state index contributed by atoms with van der Waals surface area (Å²) in [5.41, 5.74) is 1.15. The van der Waals surface area contributed by atoms with Crippen molar-refractivity contribution in [3.63, 3.8) is 0 Å². The van der Waals surface area contributed by atoms with Gasteiger partial charge in [0.2, 0.25) is 0 Å². The molecule has 0 fully saturated rings. The van der Waals surface area contributed by atoms with Crippen LogP contribution < -0.4 is 14.8 Å². The highest BCUT2D eigenvalue weighted by Gasteiger charge is 2.04. The Bertz CT molecular complexity index is 339. The molecule has 0 amide bonds. The predicted octanol–water partition coefficient (Wildman–Crippen LogP) is 3.37. The zero-order chi connectivity index (χ0) is 13.2. The second-order valence-electron chi connectivity index (χ2n) is 4.42.